The summed E-state index contributed by atoms with van der Waals surface area (Å²) in [7, 11) is 4.21. The first kappa shape index (κ1) is 22.8. The topological polar surface area (TPSA) is 36.3 Å². The fourth-order valence-electron chi connectivity index (χ4n) is 4.64. The number of rotatable bonds is 7. The molecular weight excluding hydrogens is 438 g/mol. The van der Waals surface area contributed by atoms with E-state index in [1.807, 2.05) is 36.5 Å². The van der Waals surface area contributed by atoms with Crippen molar-refractivity contribution in [1.29, 1.82) is 0 Å². The highest BCUT2D eigenvalue weighted by Crippen LogP contribution is 2.41. The lowest BCUT2D eigenvalue weighted by molar-refractivity contribution is 0.292. The number of pyridine rings is 1. The lowest BCUT2D eigenvalue weighted by Crippen LogP contribution is -2.32. The molecule has 7 heteroatoms. The van der Waals surface area contributed by atoms with Crippen molar-refractivity contribution >= 4 is 28.9 Å². The molecule has 0 saturated carbocycles. The highest BCUT2D eigenvalue weighted by atomic mass is 35.5. The van der Waals surface area contributed by atoms with E-state index in [2.05, 4.69) is 70.8 Å². The van der Waals surface area contributed by atoms with E-state index in [4.69, 9.17) is 23.8 Å². The van der Waals surface area contributed by atoms with Crippen LogP contribution in [0.25, 0.3) is 5.69 Å². The first-order valence-electron chi connectivity index (χ1n) is 10.9. The van der Waals surface area contributed by atoms with Crippen LogP contribution >= 0.6 is 23.8 Å². The van der Waals surface area contributed by atoms with Crippen LogP contribution in [0.4, 0.5) is 0 Å². The monoisotopic (exact) mass is 467 g/mol. The van der Waals surface area contributed by atoms with Gasteiger partial charge >= 0.3 is 0 Å². The van der Waals surface area contributed by atoms with Gasteiger partial charge in [-0.25, -0.2) is 0 Å². The summed E-state index contributed by atoms with van der Waals surface area (Å²) in [5.41, 5.74) is 5.70. The van der Waals surface area contributed by atoms with Crippen molar-refractivity contribution in [2.24, 2.45) is 0 Å². The zero-order valence-corrected chi connectivity index (χ0v) is 20.6. The van der Waals surface area contributed by atoms with E-state index in [1.165, 1.54) is 17.0 Å². The molecule has 32 heavy (non-hydrogen) atoms. The number of halogens is 1. The van der Waals surface area contributed by atoms with Gasteiger partial charge in [0.2, 0.25) is 0 Å². The van der Waals surface area contributed by atoms with Crippen LogP contribution in [0.1, 0.15) is 41.1 Å². The molecule has 0 aliphatic carbocycles. The standard InChI is InChI=1S/C25H30ClN5S/c1-17-15-21(18(2)31(17)20-10-7-9-19(26)16-20)24-23(22-11-5-6-12-27-22)28-25(32)30(24)14-8-13-29(3)4/h5-7,9-12,15-16,23-24H,8,13-14H2,1-4H3,(H,28,32)/t23-,24+/m1/s1. The van der Waals surface area contributed by atoms with E-state index < -0.39 is 0 Å². The first-order valence-corrected chi connectivity index (χ1v) is 11.7. The summed E-state index contributed by atoms with van der Waals surface area (Å²) in [4.78, 5) is 9.21. The second-order valence-corrected chi connectivity index (χ2v) is 9.44. The highest BCUT2D eigenvalue weighted by molar-refractivity contribution is 7.80. The van der Waals surface area contributed by atoms with Crippen LogP contribution in [0, 0.1) is 13.8 Å². The minimum atomic E-state index is -0.00336. The van der Waals surface area contributed by atoms with E-state index >= 15 is 0 Å². The van der Waals surface area contributed by atoms with Gasteiger partial charge in [0, 0.05) is 34.8 Å². The summed E-state index contributed by atoms with van der Waals surface area (Å²) in [6.45, 7) is 6.23. The molecule has 3 heterocycles. The third-order valence-electron chi connectivity index (χ3n) is 6.06. The number of hydrogen-bond acceptors (Lipinski definition) is 3. The molecule has 5 nitrogen and oxygen atoms in total. The second-order valence-electron chi connectivity index (χ2n) is 8.62. The number of nitrogens with zero attached hydrogens (tertiary/aromatic N) is 4. The van der Waals surface area contributed by atoms with E-state index in [1.54, 1.807) is 0 Å². The van der Waals surface area contributed by atoms with Crippen molar-refractivity contribution in [2.75, 3.05) is 27.2 Å². The maximum atomic E-state index is 6.30. The summed E-state index contributed by atoms with van der Waals surface area (Å²) in [5, 5.41) is 5.08. The lowest BCUT2D eigenvalue weighted by Gasteiger charge is -2.28. The average Bonchev–Trinajstić information content (AvgIpc) is 3.24. The first-order chi connectivity index (χ1) is 15.4. The predicted molar refractivity (Wildman–Crippen MR) is 136 cm³/mol. The zero-order chi connectivity index (χ0) is 22.8. The Labute approximate surface area is 201 Å². The van der Waals surface area contributed by atoms with Gasteiger partial charge in [-0.2, -0.15) is 0 Å². The largest absolute Gasteiger partial charge is 0.352 e. The van der Waals surface area contributed by atoms with Gasteiger partial charge in [0.1, 0.15) is 0 Å². The predicted octanol–water partition coefficient (Wildman–Crippen LogP) is 5.07. The molecule has 4 rings (SSSR count). The minimum Gasteiger partial charge on any atom is -0.352 e. The Morgan fingerprint density at radius 1 is 1.12 bits per heavy atom. The molecule has 0 spiro atoms. The molecule has 0 amide bonds. The molecule has 1 aromatic carbocycles. The molecule has 3 aromatic rings. The summed E-state index contributed by atoms with van der Waals surface area (Å²) in [6.07, 6.45) is 2.88. The number of hydrogen-bond donors (Lipinski definition) is 1. The quantitative estimate of drug-likeness (QED) is 0.491. The van der Waals surface area contributed by atoms with Crippen LogP contribution < -0.4 is 5.32 Å². The van der Waals surface area contributed by atoms with Gasteiger partial charge in [0.25, 0.3) is 0 Å². The Bertz CT molecular complexity index is 1090. The van der Waals surface area contributed by atoms with E-state index in [9.17, 15) is 0 Å². The van der Waals surface area contributed by atoms with E-state index in [-0.39, 0.29) is 12.1 Å². The van der Waals surface area contributed by atoms with Gasteiger partial charge in [-0.3, -0.25) is 4.98 Å². The number of nitrogens with one attached hydrogen (secondary N) is 1. The van der Waals surface area contributed by atoms with Crippen LogP contribution in [0.3, 0.4) is 0 Å². The number of aromatic nitrogens is 2. The van der Waals surface area contributed by atoms with Crippen molar-refractivity contribution < 1.29 is 0 Å². The van der Waals surface area contributed by atoms with Crippen LogP contribution in [-0.2, 0) is 0 Å². The fraction of sp³-hybridized carbons (Fsp3) is 0.360. The average molecular weight is 468 g/mol. The van der Waals surface area contributed by atoms with Crippen LogP contribution in [0.15, 0.2) is 54.7 Å². The van der Waals surface area contributed by atoms with Gasteiger partial charge in [0.15, 0.2) is 5.11 Å². The van der Waals surface area contributed by atoms with Crippen molar-refractivity contribution in [3.63, 3.8) is 0 Å². The molecule has 2 atom stereocenters. The molecule has 1 N–H and O–H groups in total. The summed E-state index contributed by atoms with van der Waals surface area (Å²) >= 11 is 12.1. The maximum absolute atomic E-state index is 6.30. The van der Waals surface area contributed by atoms with E-state index in [0.29, 0.717) is 0 Å². The SMILES string of the molecule is Cc1cc([C@H]2[C@@H](c3ccccn3)NC(=S)N2CCCN(C)C)c(C)n1-c1cccc(Cl)c1. The number of aryl methyl sites for hydroxylation is 1. The van der Waals surface area contributed by atoms with Gasteiger partial charge in [-0.1, -0.05) is 23.7 Å². The smallest absolute Gasteiger partial charge is 0.170 e. The van der Waals surface area contributed by atoms with Crippen molar-refractivity contribution in [3.05, 3.63) is 82.4 Å². The molecule has 0 radical (unpaired) electrons. The molecule has 0 bridgehead atoms. The molecule has 168 valence electrons. The highest BCUT2D eigenvalue weighted by Gasteiger charge is 2.41. The van der Waals surface area contributed by atoms with Crippen LogP contribution in [0.5, 0.6) is 0 Å². The van der Waals surface area contributed by atoms with Gasteiger partial charge in [-0.05, 0) is 95.1 Å². The van der Waals surface area contributed by atoms with Crippen LogP contribution in [0.2, 0.25) is 5.02 Å². The molecular formula is C25H30ClN5S. The lowest BCUT2D eigenvalue weighted by atomic mass is 9.96. The molecule has 1 aliphatic heterocycles. The Kier molecular flexibility index (Phi) is 6.84. The number of thiocarbonyl (C=S) groups is 1. The molecule has 1 saturated heterocycles. The minimum absolute atomic E-state index is 0.00336. The third-order valence-corrected chi connectivity index (χ3v) is 6.64. The Morgan fingerprint density at radius 3 is 2.62 bits per heavy atom. The van der Waals surface area contributed by atoms with Crippen molar-refractivity contribution in [3.8, 4) is 5.69 Å². The zero-order valence-electron chi connectivity index (χ0n) is 19.0. The molecule has 1 fully saturated rings. The van der Waals surface area contributed by atoms with Crippen molar-refractivity contribution in [1.82, 2.24) is 24.7 Å². The summed E-state index contributed by atoms with van der Waals surface area (Å²) < 4.78 is 2.27. The number of benzene rings is 1. The van der Waals surface area contributed by atoms with Crippen LogP contribution in [-0.4, -0.2) is 51.6 Å². The Hall–Kier alpha value is -2.41. The van der Waals surface area contributed by atoms with Gasteiger partial charge in [-0.15, -0.1) is 0 Å². The Morgan fingerprint density at radius 2 is 1.94 bits per heavy atom. The third kappa shape index (κ3) is 4.53. The summed E-state index contributed by atoms with van der Waals surface area (Å²) in [6, 6.07) is 16.4. The molecule has 2 aromatic heterocycles. The van der Waals surface area contributed by atoms with Gasteiger partial charge < -0.3 is 19.7 Å². The van der Waals surface area contributed by atoms with Crippen molar-refractivity contribution in [2.45, 2.75) is 32.4 Å². The normalized spacial score (nSPS) is 18.4. The second kappa shape index (κ2) is 9.61. The molecule has 0 unspecified atom stereocenters. The fourth-order valence-corrected chi connectivity index (χ4v) is 5.16. The molecule has 1 aliphatic rings. The van der Waals surface area contributed by atoms with Gasteiger partial charge in [0.05, 0.1) is 17.8 Å². The summed E-state index contributed by atoms with van der Waals surface area (Å²) in [5.74, 6) is 0. The Balaban J connectivity index is 1.77. The van der Waals surface area contributed by atoms with E-state index in [0.717, 1.165) is 41.0 Å². The maximum Gasteiger partial charge on any atom is 0.170 e.